The van der Waals surface area contributed by atoms with Crippen LogP contribution in [-0.4, -0.2) is 44.4 Å². The quantitative estimate of drug-likeness (QED) is 0.632. The normalized spacial score (nSPS) is 19.2. The highest BCUT2D eigenvalue weighted by Crippen LogP contribution is 2.39. The van der Waals surface area contributed by atoms with E-state index in [1.54, 1.807) is 0 Å². The Morgan fingerprint density at radius 3 is 2.33 bits per heavy atom. The molecule has 1 aromatic heterocycles. The molecule has 6 nitrogen and oxygen atoms in total. The smallest absolute Gasteiger partial charge is 0.321 e. The van der Waals surface area contributed by atoms with Crippen molar-refractivity contribution in [1.29, 1.82) is 0 Å². The van der Waals surface area contributed by atoms with Gasteiger partial charge in [0.1, 0.15) is 0 Å². The van der Waals surface area contributed by atoms with Crippen LogP contribution in [0.2, 0.25) is 0 Å². The topological polar surface area (TPSA) is 67.5 Å². The van der Waals surface area contributed by atoms with Gasteiger partial charge in [0, 0.05) is 18.0 Å². The van der Waals surface area contributed by atoms with Crippen LogP contribution in [0.3, 0.4) is 0 Å². The number of nitrogens with zero attached hydrogens (tertiary/aromatic N) is 5. The minimum Gasteiger partial charge on any atom is -0.321 e. The van der Waals surface area contributed by atoms with Crippen LogP contribution in [0.25, 0.3) is 11.4 Å². The number of thioether (sulfide) groups is 2. The zero-order valence-corrected chi connectivity index (χ0v) is 16.7. The predicted molar refractivity (Wildman–Crippen MR) is 102 cm³/mol. The summed E-state index contributed by atoms with van der Waals surface area (Å²) in [6, 6.07) is 1.34. The largest absolute Gasteiger partial charge is 0.416 e. The first-order chi connectivity index (χ1) is 14.1. The monoisotopic (exact) mass is 466 g/mol. The van der Waals surface area contributed by atoms with E-state index >= 15 is 0 Å². The standard InChI is InChI=1S/C16H12F6N6S2/c1-29-13-23-5-8-6-24-28-11(26-27-14(28)30-12(8)25-13)7-2-9(15(17,18)19)4-10(3-7)16(20,21)22/h2-4,8,24H,5-6H2,1H3. The fourth-order valence-electron chi connectivity index (χ4n) is 2.90. The lowest BCUT2D eigenvalue weighted by atomic mass is 10.0. The Balaban J connectivity index is 1.78. The Morgan fingerprint density at radius 1 is 1.07 bits per heavy atom. The molecule has 0 spiro atoms. The molecule has 1 atom stereocenters. The second-order valence-electron chi connectivity index (χ2n) is 6.37. The zero-order chi connectivity index (χ0) is 21.7. The summed E-state index contributed by atoms with van der Waals surface area (Å²) in [5.74, 6) is -0.243. The Morgan fingerprint density at radius 2 is 1.73 bits per heavy atom. The molecule has 0 saturated heterocycles. The third kappa shape index (κ3) is 4.02. The number of rotatable bonds is 1. The molecule has 2 aromatic rings. The van der Waals surface area contributed by atoms with Gasteiger partial charge in [-0.05, 0) is 36.2 Å². The van der Waals surface area contributed by atoms with Crippen LogP contribution < -0.4 is 5.43 Å². The van der Waals surface area contributed by atoms with Gasteiger partial charge in [0.2, 0.25) is 5.16 Å². The molecule has 160 valence electrons. The maximum absolute atomic E-state index is 13.2. The van der Waals surface area contributed by atoms with Crippen LogP contribution >= 0.6 is 23.5 Å². The molecular weight excluding hydrogens is 454 g/mol. The van der Waals surface area contributed by atoms with Crippen LogP contribution in [-0.2, 0) is 12.4 Å². The van der Waals surface area contributed by atoms with Crippen LogP contribution in [0.5, 0.6) is 0 Å². The fourth-order valence-corrected chi connectivity index (χ4v) is 4.32. The van der Waals surface area contributed by atoms with Gasteiger partial charge in [-0.15, -0.1) is 10.2 Å². The van der Waals surface area contributed by atoms with Gasteiger partial charge >= 0.3 is 12.4 Å². The molecule has 2 aliphatic rings. The average molecular weight is 466 g/mol. The first-order valence-corrected chi connectivity index (χ1v) is 10.4. The maximum atomic E-state index is 13.2. The lowest BCUT2D eigenvalue weighted by Crippen LogP contribution is -2.28. The molecule has 4 rings (SSSR count). The summed E-state index contributed by atoms with van der Waals surface area (Å²) >= 11 is 2.53. The highest BCUT2D eigenvalue weighted by Gasteiger charge is 2.38. The highest BCUT2D eigenvalue weighted by atomic mass is 32.2. The van der Waals surface area contributed by atoms with E-state index in [1.807, 2.05) is 6.26 Å². The lowest BCUT2D eigenvalue weighted by Gasteiger charge is -2.18. The van der Waals surface area contributed by atoms with Gasteiger partial charge < -0.3 is 5.43 Å². The Hall–Kier alpha value is -2.22. The van der Waals surface area contributed by atoms with E-state index < -0.39 is 23.5 Å². The van der Waals surface area contributed by atoms with Crippen molar-refractivity contribution in [2.75, 3.05) is 24.8 Å². The van der Waals surface area contributed by atoms with E-state index in [-0.39, 0.29) is 28.5 Å². The molecule has 0 fully saturated rings. The Labute approximate surface area is 174 Å². The number of nitrogens with one attached hydrogen (secondary N) is 1. The second kappa shape index (κ2) is 7.48. The molecule has 1 unspecified atom stereocenters. The van der Waals surface area contributed by atoms with Gasteiger partial charge in [-0.3, -0.25) is 4.99 Å². The van der Waals surface area contributed by atoms with Crippen LogP contribution in [0, 0.1) is 5.92 Å². The molecule has 14 heteroatoms. The van der Waals surface area contributed by atoms with Gasteiger partial charge in [0.05, 0.1) is 22.7 Å². The van der Waals surface area contributed by atoms with Crippen molar-refractivity contribution in [2.45, 2.75) is 17.5 Å². The number of fused-ring (bicyclic) bond motifs is 2. The van der Waals surface area contributed by atoms with E-state index in [0.29, 0.717) is 35.4 Å². The SMILES string of the molecule is CSC1=NCC2CNn3c(nnc3-c3cc(C(F)(F)F)cc(C(F)(F)F)c3)SC2=N1. The molecule has 0 saturated carbocycles. The summed E-state index contributed by atoms with van der Waals surface area (Å²) in [4.78, 5) is 8.75. The van der Waals surface area contributed by atoms with Crippen LogP contribution in [0.4, 0.5) is 26.3 Å². The summed E-state index contributed by atoms with van der Waals surface area (Å²) < 4.78 is 80.4. The van der Waals surface area contributed by atoms with Crippen molar-refractivity contribution >= 4 is 33.7 Å². The van der Waals surface area contributed by atoms with E-state index in [9.17, 15) is 26.3 Å². The number of halogens is 6. The van der Waals surface area contributed by atoms with Crippen LogP contribution in [0.15, 0.2) is 33.3 Å². The summed E-state index contributed by atoms with van der Waals surface area (Å²) in [5, 5.41) is 9.34. The predicted octanol–water partition coefficient (Wildman–Crippen LogP) is 4.38. The maximum Gasteiger partial charge on any atom is 0.416 e. The Kier molecular flexibility index (Phi) is 5.24. The van der Waals surface area contributed by atoms with Crippen molar-refractivity contribution in [1.82, 2.24) is 14.9 Å². The van der Waals surface area contributed by atoms with E-state index in [1.165, 1.54) is 16.4 Å². The van der Waals surface area contributed by atoms with Crippen molar-refractivity contribution in [3.05, 3.63) is 29.3 Å². The number of hydrogen-bond acceptors (Lipinski definition) is 7. The number of benzene rings is 1. The third-order valence-corrected chi connectivity index (χ3v) is 6.02. The molecule has 1 aromatic carbocycles. The summed E-state index contributed by atoms with van der Waals surface area (Å²) in [7, 11) is 0. The first-order valence-electron chi connectivity index (χ1n) is 8.40. The number of alkyl halides is 6. The minimum atomic E-state index is -4.95. The van der Waals surface area contributed by atoms with Gasteiger partial charge in [-0.2, -0.15) is 26.3 Å². The molecule has 1 N–H and O–H groups in total. The minimum absolute atomic E-state index is 0.0793. The van der Waals surface area contributed by atoms with Crippen molar-refractivity contribution < 1.29 is 26.3 Å². The first kappa shape index (κ1) is 21.0. The lowest BCUT2D eigenvalue weighted by molar-refractivity contribution is -0.143. The second-order valence-corrected chi connectivity index (χ2v) is 8.14. The third-order valence-electron chi connectivity index (χ3n) is 4.36. The molecule has 2 aliphatic heterocycles. The number of amidine groups is 1. The Bertz CT molecular complexity index is 1010. The van der Waals surface area contributed by atoms with E-state index in [4.69, 9.17) is 0 Å². The van der Waals surface area contributed by atoms with Gasteiger partial charge in [-0.25, -0.2) is 9.67 Å². The summed E-state index contributed by atoms with van der Waals surface area (Å²) in [5.41, 5.74) is -0.208. The zero-order valence-electron chi connectivity index (χ0n) is 15.0. The van der Waals surface area contributed by atoms with E-state index in [0.717, 1.165) is 11.8 Å². The number of aromatic nitrogens is 3. The molecule has 0 amide bonds. The summed E-state index contributed by atoms with van der Waals surface area (Å²) in [6.45, 7) is 0.782. The molecule has 0 aliphatic carbocycles. The molecule has 0 bridgehead atoms. The van der Waals surface area contributed by atoms with Gasteiger partial charge in [-0.1, -0.05) is 11.8 Å². The van der Waals surface area contributed by atoms with Crippen LogP contribution in [0.1, 0.15) is 11.1 Å². The molecule has 0 radical (unpaired) electrons. The highest BCUT2D eigenvalue weighted by molar-refractivity contribution is 8.15. The van der Waals surface area contributed by atoms with Crippen molar-refractivity contribution in [3.8, 4) is 11.4 Å². The average Bonchev–Trinajstić information content (AvgIpc) is 2.98. The number of aliphatic imine (C=N–C) groups is 2. The van der Waals surface area contributed by atoms with Crippen molar-refractivity contribution in [2.24, 2.45) is 15.9 Å². The van der Waals surface area contributed by atoms with Gasteiger partial charge in [0.25, 0.3) is 0 Å². The molecular formula is C16H12F6N6S2. The van der Waals surface area contributed by atoms with E-state index in [2.05, 4.69) is 25.6 Å². The van der Waals surface area contributed by atoms with Gasteiger partial charge in [0.15, 0.2) is 11.0 Å². The van der Waals surface area contributed by atoms with Crippen molar-refractivity contribution in [3.63, 3.8) is 0 Å². The molecule has 3 heterocycles. The summed E-state index contributed by atoms with van der Waals surface area (Å²) in [6.07, 6.45) is -8.07. The number of hydrogen-bond donors (Lipinski definition) is 1. The molecule has 30 heavy (non-hydrogen) atoms. The fraction of sp³-hybridized carbons (Fsp3) is 0.375.